The van der Waals surface area contributed by atoms with Gasteiger partial charge in [-0.05, 0) is 17.5 Å². The van der Waals surface area contributed by atoms with E-state index in [-0.39, 0.29) is 6.04 Å². The molecular weight excluding hydrogens is 276 g/mol. The zero-order valence-corrected chi connectivity index (χ0v) is 12.6. The van der Waals surface area contributed by atoms with Gasteiger partial charge in [0.15, 0.2) is 0 Å². The smallest absolute Gasteiger partial charge is 0.0914 e. The number of hydrogen-bond donors (Lipinski definition) is 4. The minimum absolute atomic E-state index is 0.330. The normalized spacial score (nSPS) is 15.2. The fourth-order valence-corrected chi connectivity index (χ4v) is 2.33. The predicted molar refractivity (Wildman–Crippen MR) is 88.4 cm³/mol. The summed E-state index contributed by atoms with van der Waals surface area (Å²) in [5.41, 5.74) is 7.99. The van der Waals surface area contributed by atoms with E-state index in [1.165, 1.54) is 0 Å². The van der Waals surface area contributed by atoms with Gasteiger partial charge in [-0.1, -0.05) is 60.7 Å². The van der Waals surface area contributed by atoms with Crippen LogP contribution in [0.4, 0.5) is 0 Å². The molecule has 0 spiro atoms. The Morgan fingerprint density at radius 2 is 1.45 bits per heavy atom. The molecule has 2 rings (SSSR count). The zero-order chi connectivity index (χ0) is 15.8. The van der Waals surface area contributed by atoms with Crippen molar-refractivity contribution in [2.75, 3.05) is 13.1 Å². The van der Waals surface area contributed by atoms with Crippen LogP contribution in [0.1, 0.15) is 17.2 Å². The van der Waals surface area contributed by atoms with Crippen molar-refractivity contribution >= 4 is 0 Å². The van der Waals surface area contributed by atoms with Gasteiger partial charge in [0.05, 0.1) is 12.2 Å². The molecular formula is C18H24N2O2. The maximum absolute atomic E-state index is 10.1. The molecule has 4 nitrogen and oxygen atoms in total. The third kappa shape index (κ3) is 5.24. The molecule has 118 valence electrons. The Balaban J connectivity index is 1.72. The first kappa shape index (κ1) is 16.6. The lowest BCUT2D eigenvalue weighted by atomic mass is 10.0. The predicted octanol–water partition coefficient (Wildman–Crippen LogP) is 1.24. The second-order valence-corrected chi connectivity index (χ2v) is 5.51. The fourth-order valence-electron chi connectivity index (χ4n) is 2.33. The molecule has 4 heteroatoms. The minimum atomic E-state index is -0.650. The molecule has 0 aliphatic heterocycles. The van der Waals surface area contributed by atoms with Gasteiger partial charge in [-0.15, -0.1) is 0 Å². The molecule has 22 heavy (non-hydrogen) atoms. The van der Waals surface area contributed by atoms with Crippen LogP contribution in [0, 0.1) is 0 Å². The number of hydrogen-bond acceptors (Lipinski definition) is 4. The van der Waals surface area contributed by atoms with Gasteiger partial charge in [0, 0.05) is 19.1 Å². The summed E-state index contributed by atoms with van der Waals surface area (Å²) in [6, 6.07) is 19.0. The molecule has 0 aliphatic rings. The number of rotatable bonds is 8. The summed E-state index contributed by atoms with van der Waals surface area (Å²) < 4.78 is 0. The highest BCUT2D eigenvalue weighted by Crippen LogP contribution is 2.10. The van der Waals surface area contributed by atoms with Crippen molar-refractivity contribution < 1.29 is 10.2 Å². The number of nitrogens with two attached hydrogens (primary N) is 1. The summed E-state index contributed by atoms with van der Waals surface area (Å²) in [5, 5.41) is 23.2. The second-order valence-electron chi connectivity index (χ2n) is 5.51. The van der Waals surface area contributed by atoms with E-state index in [2.05, 4.69) is 5.32 Å². The molecule has 0 amide bonds. The number of aliphatic hydroxyl groups is 2. The van der Waals surface area contributed by atoms with Crippen LogP contribution in [0.25, 0.3) is 0 Å². The number of benzene rings is 2. The zero-order valence-electron chi connectivity index (χ0n) is 12.6. The molecule has 0 aliphatic carbocycles. The van der Waals surface area contributed by atoms with Gasteiger partial charge in [0.25, 0.3) is 0 Å². The molecule has 1 unspecified atom stereocenters. The number of nitrogens with one attached hydrogen (secondary N) is 1. The van der Waals surface area contributed by atoms with E-state index < -0.39 is 12.2 Å². The summed E-state index contributed by atoms with van der Waals surface area (Å²) in [6.45, 7) is 0.747. The molecule has 3 atom stereocenters. The molecule has 2 aromatic carbocycles. The third-order valence-corrected chi connectivity index (χ3v) is 3.68. The Hall–Kier alpha value is -1.72. The van der Waals surface area contributed by atoms with E-state index in [0.29, 0.717) is 19.5 Å². The van der Waals surface area contributed by atoms with E-state index in [1.807, 2.05) is 60.7 Å². The van der Waals surface area contributed by atoms with E-state index in [4.69, 9.17) is 5.73 Å². The molecule has 0 saturated carbocycles. The average Bonchev–Trinajstić information content (AvgIpc) is 2.56. The summed E-state index contributed by atoms with van der Waals surface area (Å²) in [4.78, 5) is 0. The van der Waals surface area contributed by atoms with Gasteiger partial charge >= 0.3 is 0 Å². The van der Waals surface area contributed by atoms with Gasteiger partial charge in [-0.2, -0.15) is 0 Å². The van der Waals surface area contributed by atoms with Crippen LogP contribution in [-0.2, 0) is 6.42 Å². The molecule has 2 aromatic rings. The Morgan fingerprint density at radius 1 is 0.864 bits per heavy atom. The van der Waals surface area contributed by atoms with Crippen molar-refractivity contribution in [3.8, 4) is 0 Å². The van der Waals surface area contributed by atoms with Crippen LogP contribution in [0.3, 0.4) is 0 Å². The largest absolute Gasteiger partial charge is 0.390 e. The SMILES string of the molecule is N[C@@H](Cc1ccccc1)[C@H](O)CNCC(O)c1ccccc1. The van der Waals surface area contributed by atoms with Crippen molar-refractivity contribution in [1.29, 1.82) is 0 Å². The van der Waals surface area contributed by atoms with Crippen LogP contribution in [-0.4, -0.2) is 35.4 Å². The Bertz CT molecular complexity index is 533. The van der Waals surface area contributed by atoms with E-state index >= 15 is 0 Å². The van der Waals surface area contributed by atoms with Gasteiger partial charge in [0.1, 0.15) is 0 Å². The van der Waals surface area contributed by atoms with Gasteiger partial charge in [-0.25, -0.2) is 0 Å². The van der Waals surface area contributed by atoms with Crippen molar-refractivity contribution in [2.24, 2.45) is 5.73 Å². The fraction of sp³-hybridized carbons (Fsp3) is 0.333. The first-order chi connectivity index (χ1) is 10.7. The first-order valence-corrected chi connectivity index (χ1v) is 7.58. The van der Waals surface area contributed by atoms with Crippen LogP contribution < -0.4 is 11.1 Å². The molecule has 0 radical (unpaired) electrons. The maximum Gasteiger partial charge on any atom is 0.0914 e. The summed E-state index contributed by atoms with van der Waals surface area (Å²) in [5.74, 6) is 0. The van der Waals surface area contributed by atoms with E-state index in [0.717, 1.165) is 11.1 Å². The Labute approximate surface area is 131 Å². The summed E-state index contributed by atoms with van der Waals surface area (Å²) >= 11 is 0. The standard InChI is InChI=1S/C18H24N2O2/c19-16(11-14-7-3-1-4-8-14)18(22)13-20-12-17(21)15-9-5-2-6-10-15/h1-10,16-18,20-22H,11-13,19H2/t16-,17?,18+/m0/s1. The lowest BCUT2D eigenvalue weighted by Crippen LogP contribution is -2.43. The van der Waals surface area contributed by atoms with Crippen molar-refractivity contribution in [2.45, 2.75) is 24.7 Å². The van der Waals surface area contributed by atoms with Crippen LogP contribution in [0.15, 0.2) is 60.7 Å². The van der Waals surface area contributed by atoms with Crippen LogP contribution in [0.2, 0.25) is 0 Å². The van der Waals surface area contributed by atoms with Crippen molar-refractivity contribution in [3.05, 3.63) is 71.8 Å². The summed E-state index contributed by atoms with van der Waals surface area (Å²) in [6.07, 6.45) is -0.604. The third-order valence-electron chi connectivity index (χ3n) is 3.68. The van der Waals surface area contributed by atoms with E-state index in [9.17, 15) is 10.2 Å². The highest BCUT2D eigenvalue weighted by molar-refractivity contribution is 5.18. The van der Waals surface area contributed by atoms with Gasteiger partial charge in [-0.3, -0.25) is 0 Å². The molecule has 0 fully saturated rings. The van der Waals surface area contributed by atoms with Crippen LogP contribution in [0.5, 0.6) is 0 Å². The lowest BCUT2D eigenvalue weighted by Gasteiger charge is -2.20. The number of aliphatic hydroxyl groups excluding tert-OH is 2. The first-order valence-electron chi connectivity index (χ1n) is 7.58. The summed E-state index contributed by atoms with van der Waals surface area (Å²) in [7, 11) is 0. The molecule has 0 aromatic heterocycles. The van der Waals surface area contributed by atoms with Crippen molar-refractivity contribution in [3.63, 3.8) is 0 Å². The molecule has 0 saturated heterocycles. The molecule has 0 heterocycles. The topological polar surface area (TPSA) is 78.5 Å². The molecule has 0 bridgehead atoms. The van der Waals surface area contributed by atoms with Gasteiger partial charge < -0.3 is 21.3 Å². The maximum atomic E-state index is 10.1. The molecule has 5 N–H and O–H groups in total. The lowest BCUT2D eigenvalue weighted by molar-refractivity contribution is 0.127. The average molecular weight is 300 g/mol. The monoisotopic (exact) mass is 300 g/mol. The quantitative estimate of drug-likeness (QED) is 0.591. The van der Waals surface area contributed by atoms with Gasteiger partial charge in [0.2, 0.25) is 0 Å². The Morgan fingerprint density at radius 3 is 2.09 bits per heavy atom. The Kier molecular flexibility index (Phi) is 6.55. The van der Waals surface area contributed by atoms with E-state index in [1.54, 1.807) is 0 Å². The van der Waals surface area contributed by atoms with Crippen molar-refractivity contribution in [1.82, 2.24) is 5.32 Å². The minimum Gasteiger partial charge on any atom is -0.390 e. The highest BCUT2D eigenvalue weighted by atomic mass is 16.3. The highest BCUT2D eigenvalue weighted by Gasteiger charge is 2.15. The second kappa shape index (κ2) is 8.66. The van der Waals surface area contributed by atoms with Crippen LogP contribution >= 0.6 is 0 Å².